The molecule has 0 radical (unpaired) electrons. The number of likely N-dealkylation sites (tertiary alicyclic amines) is 1. The van der Waals surface area contributed by atoms with E-state index in [-0.39, 0.29) is 25.3 Å². The van der Waals surface area contributed by atoms with Crippen LogP contribution in [0.1, 0.15) is 51.2 Å². The minimum Gasteiger partial charge on any atom is -0.466 e. The number of piperidine rings is 1. The number of anilines is 1. The van der Waals surface area contributed by atoms with E-state index in [2.05, 4.69) is 22.2 Å². The standard InChI is InChI=1S/C29H43N7O6S2/c1-7-29(26(37)41-9-3)10-12-35(13-11-29)20(4)33-17-23(16-30)21-14-22(18-42-44(6,39)40)25-24(15-21)34-28(43-25)36(19-31-5)27(38)32-8-2/h14-17,31H,4,7-13,18-19,30H2,1-3,5-6H3,(H,32,38)/b23-16+,33-17?. The SMILES string of the molecule is C=C(N=C/C(=C\N)c1cc(COS(C)(=O)=O)c2sc(N(CNC)C(=O)NCC)nc2c1)N1CCC(CC)(C(=O)OCC)CC1. The number of aliphatic imine (C=N–C) groups is 1. The van der Waals surface area contributed by atoms with Crippen LogP contribution in [-0.2, 0) is 30.4 Å². The number of urea groups is 1. The van der Waals surface area contributed by atoms with Crippen LogP contribution in [-0.4, -0.2) is 82.7 Å². The highest BCUT2D eigenvalue weighted by atomic mass is 32.2. The van der Waals surface area contributed by atoms with Crippen molar-refractivity contribution in [3.63, 3.8) is 0 Å². The average molecular weight is 650 g/mol. The fourth-order valence-corrected chi connectivity index (χ4v) is 6.28. The predicted octanol–water partition coefficient (Wildman–Crippen LogP) is 3.38. The second kappa shape index (κ2) is 15.5. The minimum atomic E-state index is -3.73. The molecule has 1 aliphatic rings. The van der Waals surface area contributed by atoms with Gasteiger partial charge in [-0.05, 0) is 63.4 Å². The third-order valence-electron chi connectivity index (χ3n) is 7.44. The number of amides is 2. The molecule has 242 valence electrons. The van der Waals surface area contributed by atoms with Gasteiger partial charge in [-0.15, -0.1) is 0 Å². The van der Waals surface area contributed by atoms with Gasteiger partial charge in [0.05, 0.1) is 41.8 Å². The molecule has 15 heteroatoms. The van der Waals surface area contributed by atoms with Gasteiger partial charge in [0, 0.05) is 37.6 Å². The van der Waals surface area contributed by atoms with Crippen LogP contribution in [0.25, 0.3) is 15.8 Å². The Balaban J connectivity index is 1.91. The Hall–Kier alpha value is -3.53. The van der Waals surface area contributed by atoms with Crippen molar-refractivity contribution >= 4 is 60.6 Å². The number of aromatic nitrogens is 1. The highest BCUT2D eigenvalue weighted by Gasteiger charge is 2.41. The number of thiazole rings is 1. The first-order chi connectivity index (χ1) is 20.9. The zero-order valence-corrected chi connectivity index (χ0v) is 27.6. The van der Waals surface area contributed by atoms with E-state index in [1.54, 1.807) is 25.4 Å². The van der Waals surface area contributed by atoms with E-state index in [1.807, 2.05) is 25.7 Å². The number of nitrogens with zero attached hydrogens (tertiary/aromatic N) is 4. The molecule has 44 heavy (non-hydrogen) atoms. The first kappa shape index (κ1) is 35.0. The number of nitrogens with one attached hydrogen (secondary N) is 2. The van der Waals surface area contributed by atoms with Crippen LogP contribution < -0.4 is 21.3 Å². The van der Waals surface area contributed by atoms with Crippen LogP contribution >= 0.6 is 11.3 Å². The Morgan fingerprint density at radius 1 is 1.27 bits per heavy atom. The van der Waals surface area contributed by atoms with Crippen LogP contribution in [0.2, 0.25) is 0 Å². The Morgan fingerprint density at radius 3 is 2.55 bits per heavy atom. The van der Waals surface area contributed by atoms with Gasteiger partial charge in [-0.25, -0.2) is 14.8 Å². The van der Waals surface area contributed by atoms with Crippen molar-refractivity contribution in [1.82, 2.24) is 20.5 Å². The first-order valence-corrected chi connectivity index (χ1v) is 17.1. The maximum absolute atomic E-state index is 12.7. The molecule has 0 saturated carbocycles. The minimum absolute atomic E-state index is 0.152. The Labute approximate surface area is 263 Å². The molecule has 0 unspecified atom stereocenters. The number of hydrogen-bond acceptors (Lipinski definition) is 12. The van der Waals surface area contributed by atoms with Crippen LogP contribution in [0.15, 0.2) is 35.7 Å². The number of fused-ring (bicyclic) bond motifs is 1. The first-order valence-electron chi connectivity index (χ1n) is 14.5. The van der Waals surface area contributed by atoms with E-state index < -0.39 is 15.5 Å². The molecule has 13 nitrogen and oxygen atoms in total. The summed E-state index contributed by atoms with van der Waals surface area (Å²) in [5.41, 5.74) is 7.81. The molecule has 1 aliphatic heterocycles. The lowest BCUT2D eigenvalue weighted by molar-refractivity contribution is -0.158. The zero-order valence-electron chi connectivity index (χ0n) is 26.0. The summed E-state index contributed by atoms with van der Waals surface area (Å²) in [6.07, 6.45) is 5.96. The molecular formula is C29H43N7O6S2. The number of hydrogen-bond donors (Lipinski definition) is 3. The fraction of sp³-hybridized carbons (Fsp3) is 0.517. The summed E-state index contributed by atoms with van der Waals surface area (Å²) in [6.45, 7) is 11.8. The molecule has 1 saturated heterocycles. The summed E-state index contributed by atoms with van der Waals surface area (Å²) in [6, 6.07) is 3.25. The van der Waals surface area contributed by atoms with Gasteiger partial charge in [-0.3, -0.25) is 13.9 Å². The second-order valence-electron chi connectivity index (χ2n) is 10.4. The Kier molecular flexibility index (Phi) is 12.3. The fourth-order valence-electron chi connectivity index (χ4n) is 4.90. The molecule has 1 aromatic carbocycles. The maximum atomic E-state index is 12.7. The topological polar surface area (TPSA) is 169 Å². The Morgan fingerprint density at radius 2 is 1.98 bits per heavy atom. The van der Waals surface area contributed by atoms with Crippen LogP contribution in [0.4, 0.5) is 9.93 Å². The number of ether oxygens (including phenoxy) is 1. The quantitative estimate of drug-likeness (QED) is 0.119. The van der Waals surface area contributed by atoms with E-state index in [1.165, 1.54) is 22.4 Å². The second-order valence-corrected chi connectivity index (χ2v) is 13.0. The molecule has 3 rings (SSSR count). The summed E-state index contributed by atoms with van der Waals surface area (Å²) >= 11 is 1.25. The van der Waals surface area contributed by atoms with Crippen LogP contribution in [0, 0.1) is 5.41 Å². The summed E-state index contributed by atoms with van der Waals surface area (Å²) in [4.78, 5) is 38.1. The number of esters is 1. The van der Waals surface area contributed by atoms with Gasteiger partial charge in [0.2, 0.25) is 0 Å². The molecule has 0 aliphatic carbocycles. The third-order valence-corrected chi connectivity index (χ3v) is 9.16. The van der Waals surface area contributed by atoms with E-state index in [9.17, 15) is 18.0 Å². The Bertz CT molecular complexity index is 1510. The van der Waals surface area contributed by atoms with Gasteiger partial charge in [0.1, 0.15) is 5.82 Å². The number of carbonyl (C=O) groups excluding carboxylic acids is 2. The highest BCUT2D eigenvalue weighted by molar-refractivity contribution is 7.85. The van der Waals surface area contributed by atoms with Crippen molar-refractivity contribution in [1.29, 1.82) is 0 Å². The summed E-state index contributed by atoms with van der Waals surface area (Å²) in [5.74, 6) is 0.376. The lowest BCUT2D eigenvalue weighted by Gasteiger charge is -2.40. The summed E-state index contributed by atoms with van der Waals surface area (Å²) < 4.78 is 34.8. The van der Waals surface area contributed by atoms with Gasteiger partial charge in [0.15, 0.2) is 5.13 Å². The van der Waals surface area contributed by atoms with Crippen LogP contribution in [0.5, 0.6) is 0 Å². The van der Waals surface area contributed by atoms with Crippen molar-refractivity contribution in [2.75, 3.05) is 51.1 Å². The molecule has 4 N–H and O–H groups in total. The van der Waals surface area contributed by atoms with E-state index >= 15 is 0 Å². The molecule has 2 aromatic rings. The number of rotatable bonds is 14. The van der Waals surface area contributed by atoms with Crippen molar-refractivity contribution in [3.05, 3.63) is 41.9 Å². The number of nitrogens with two attached hydrogens (primary N) is 1. The lowest BCUT2D eigenvalue weighted by Crippen LogP contribution is -2.44. The summed E-state index contributed by atoms with van der Waals surface area (Å²) in [7, 11) is -2.01. The zero-order chi connectivity index (χ0) is 32.5. The van der Waals surface area contributed by atoms with Crippen molar-refractivity contribution < 1.29 is 26.9 Å². The van der Waals surface area contributed by atoms with E-state index in [4.69, 9.17) is 19.6 Å². The van der Waals surface area contributed by atoms with Crippen molar-refractivity contribution in [3.8, 4) is 0 Å². The molecule has 0 spiro atoms. The number of benzene rings is 1. The number of carbonyl (C=O) groups is 2. The van der Waals surface area contributed by atoms with Gasteiger partial charge >= 0.3 is 12.0 Å². The smallest absolute Gasteiger partial charge is 0.324 e. The van der Waals surface area contributed by atoms with Gasteiger partial charge in [-0.2, -0.15) is 8.42 Å². The van der Waals surface area contributed by atoms with E-state index in [0.29, 0.717) is 83.4 Å². The van der Waals surface area contributed by atoms with Crippen molar-refractivity contribution in [2.45, 2.75) is 46.6 Å². The van der Waals surface area contributed by atoms with E-state index in [0.717, 1.165) is 6.26 Å². The van der Waals surface area contributed by atoms with Gasteiger partial charge < -0.3 is 26.0 Å². The largest absolute Gasteiger partial charge is 0.466 e. The maximum Gasteiger partial charge on any atom is 0.324 e. The molecule has 0 bridgehead atoms. The number of allylic oxidation sites excluding steroid dienone is 1. The van der Waals surface area contributed by atoms with Gasteiger partial charge in [0.25, 0.3) is 10.1 Å². The highest BCUT2D eigenvalue weighted by Crippen LogP contribution is 2.38. The monoisotopic (exact) mass is 649 g/mol. The predicted molar refractivity (Wildman–Crippen MR) is 175 cm³/mol. The molecule has 0 atom stereocenters. The average Bonchev–Trinajstić information content (AvgIpc) is 3.42. The third kappa shape index (κ3) is 8.55. The molecule has 2 amide bonds. The molecular weight excluding hydrogens is 606 g/mol. The normalized spacial score (nSPS) is 15.5. The molecule has 2 heterocycles. The molecule has 1 aromatic heterocycles. The van der Waals surface area contributed by atoms with Crippen molar-refractivity contribution in [2.24, 2.45) is 16.1 Å². The lowest BCUT2D eigenvalue weighted by atomic mass is 9.76. The van der Waals surface area contributed by atoms with Gasteiger partial charge in [-0.1, -0.05) is 24.8 Å². The van der Waals surface area contributed by atoms with Crippen LogP contribution in [0.3, 0.4) is 0 Å². The molecule has 1 fully saturated rings. The summed E-state index contributed by atoms with van der Waals surface area (Å²) in [5, 5.41) is 6.17.